The van der Waals surface area contributed by atoms with Crippen LogP contribution in [0.2, 0.25) is 0 Å². The summed E-state index contributed by atoms with van der Waals surface area (Å²) in [4.78, 5) is 12.9. The van der Waals surface area contributed by atoms with Crippen molar-refractivity contribution in [1.82, 2.24) is 19.3 Å². The number of hydrogen-bond donors (Lipinski definition) is 1. The molecule has 1 aromatic carbocycles. The molecule has 8 heteroatoms. The SMILES string of the molecule is CCCn1c(C)cc(/C=C(\C#N)C(=O)Nc2cc(-c3nnc4n3CCCCC4)ccc2F)c1C. The fourth-order valence-electron chi connectivity index (χ4n) is 4.49. The van der Waals surface area contributed by atoms with Crippen molar-refractivity contribution in [1.29, 1.82) is 5.26 Å². The van der Waals surface area contributed by atoms with E-state index in [0.717, 1.165) is 68.0 Å². The zero-order valence-electron chi connectivity index (χ0n) is 19.9. The number of carbonyl (C=O) groups is 1. The van der Waals surface area contributed by atoms with Crippen molar-refractivity contribution in [2.45, 2.75) is 66.0 Å². The van der Waals surface area contributed by atoms with E-state index in [-0.39, 0.29) is 11.3 Å². The molecule has 0 saturated carbocycles. The molecule has 3 heterocycles. The highest BCUT2D eigenvalue weighted by Crippen LogP contribution is 2.27. The maximum atomic E-state index is 14.6. The summed E-state index contributed by atoms with van der Waals surface area (Å²) in [6, 6.07) is 8.40. The minimum Gasteiger partial charge on any atom is -0.349 e. The molecule has 0 saturated heterocycles. The summed E-state index contributed by atoms with van der Waals surface area (Å²) in [6.45, 7) is 7.74. The monoisotopic (exact) mass is 460 g/mol. The largest absolute Gasteiger partial charge is 0.349 e. The molecule has 0 bridgehead atoms. The number of rotatable bonds is 6. The van der Waals surface area contributed by atoms with Gasteiger partial charge < -0.3 is 14.5 Å². The van der Waals surface area contributed by atoms with E-state index in [1.807, 2.05) is 26.0 Å². The van der Waals surface area contributed by atoms with Crippen molar-refractivity contribution in [3.63, 3.8) is 0 Å². The molecule has 0 unspecified atom stereocenters. The molecule has 7 nitrogen and oxygen atoms in total. The summed E-state index contributed by atoms with van der Waals surface area (Å²) in [5.74, 6) is 0.356. The van der Waals surface area contributed by atoms with E-state index in [4.69, 9.17) is 0 Å². The minimum absolute atomic E-state index is 0.00563. The van der Waals surface area contributed by atoms with Crippen LogP contribution in [0.15, 0.2) is 29.8 Å². The van der Waals surface area contributed by atoms with Crippen LogP contribution in [-0.2, 0) is 24.3 Å². The molecular formula is C26H29FN6O. The van der Waals surface area contributed by atoms with Gasteiger partial charge in [-0.25, -0.2) is 4.39 Å². The third-order valence-electron chi connectivity index (χ3n) is 6.31. The first-order valence-corrected chi connectivity index (χ1v) is 11.7. The van der Waals surface area contributed by atoms with Crippen LogP contribution < -0.4 is 5.32 Å². The number of hydrogen-bond acceptors (Lipinski definition) is 4. The Labute approximate surface area is 198 Å². The normalized spacial score (nSPS) is 13.8. The quantitative estimate of drug-likeness (QED) is 0.405. The molecule has 176 valence electrons. The van der Waals surface area contributed by atoms with Gasteiger partial charge in [0.1, 0.15) is 23.3 Å². The third kappa shape index (κ3) is 4.65. The molecule has 0 aliphatic carbocycles. The Kier molecular flexibility index (Phi) is 6.92. The van der Waals surface area contributed by atoms with Gasteiger partial charge in [0, 0.05) is 36.5 Å². The first-order chi connectivity index (χ1) is 16.4. The number of halogens is 1. The average molecular weight is 461 g/mol. The first-order valence-electron chi connectivity index (χ1n) is 11.7. The number of carbonyl (C=O) groups excluding carboxylic acids is 1. The molecule has 1 amide bonds. The first kappa shape index (κ1) is 23.4. The van der Waals surface area contributed by atoms with Crippen molar-refractivity contribution in [2.24, 2.45) is 0 Å². The Bertz CT molecular complexity index is 1290. The third-order valence-corrected chi connectivity index (χ3v) is 6.31. The molecule has 2 aromatic heterocycles. The number of aryl methyl sites for hydroxylation is 2. The standard InChI is InChI=1S/C26H29FN6O/c1-4-11-32-17(2)13-20(18(32)3)14-21(16-28)26(34)29-23-15-19(9-10-22(23)27)25-31-30-24-8-6-5-7-12-33(24)25/h9-10,13-15H,4-8,11-12H2,1-3H3,(H,29,34)/b21-14+. The van der Waals surface area contributed by atoms with E-state index in [9.17, 15) is 14.4 Å². The topological polar surface area (TPSA) is 88.5 Å². The Morgan fingerprint density at radius 2 is 2.06 bits per heavy atom. The Hall–Kier alpha value is -3.73. The van der Waals surface area contributed by atoms with Crippen molar-refractivity contribution in [3.05, 3.63) is 58.4 Å². The number of nitriles is 1. The van der Waals surface area contributed by atoms with Crippen LogP contribution in [0.3, 0.4) is 0 Å². The molecule has 0 radical (unpaired) electrons. The van der Waals surface area contributed by atoms with Crippen molar-refractivity contribution >= 4 is 17.7 Å². The van der Waals surface area contributed by atoms with Crippen LogP contribution in [0.25, 0.3) is 17.5 Å². The number of fused-ring (bicyclic) bond motifs is 1. The highest BCUT2D eigenvalue weighted by molar-refractivity contribution is 6.10. The van der Waals surface area contributed by atoms with Crippen LogP contribution in [0, 0.1) is 31.0 Å². The maximum Gasteiger partial charge on any atom is 0.266 e. The Balaban J connectivity index is 1.61. The predicted octanol–water partition coefficient (Wildman–Crippen LogP) is 5.18. The van der Waals surface area contributed by atoms with Gasteiger partial charge in [-0.1, -0.05) is 13.3 Å². The van der Waals surface area contributed by atoms with Gasteiger partial charge in [-0.15, -0.1) is 10.2 Å². The number of anilines is 1. The fourth-order valence-corrected chi connectivity index (χ4v) is 4.49. The summed E-state index contributed by atoms with van der Waals surface area (Å²) in [6.07, 6.45) is 6.66. The number of aromatic nitrogens is 4. The zero-order valence-corrected chi connectivity index (χ0v) is 19.9. The lowest BCUT2D eigenvalue weighted by Gasteiger charge is -2.10. The molecule has 0 fully saturated rings. The number of amides is 1. The molecule has 1 aliphatic heterocycles. The summed E-state index contributed by atoms with van der Waals surface area (Å²) in [7, 11) is 0. The fraction of sp³-hybridized carbons (Fsp3) is 0.385. The van der Waals surface area contributed by atoms with Crippen LogP contribution in [0.4, 0.5) is 10.1 Å². The van der Waals surface area contributed by atoms with Gasteiger partial charge in [0.25, 0.3) is 5.91 Å². The lowest BCUT2D eigenvalue weighted by Crippen LogP contribution is -2.15. The van der Waals surface area contributed by atoms with Crippen molar-refractivity contribution in [2.75, 3.05) is 5.32 Å². The van der Waals surface area contributed by atoms with Crippen molar-refractivity contribution < 1.29 is 9.18 Å². The summed E-state index contributed by atoms with van der Waals surface area (Å²) in [5.41, 5.74) is 3.44. The van der Waals surface area contributed by atoms with Crippen molar-refractivity contribution in [3.8, 4) is 17.5 Å². The lowest BCUT2D eigenvalue weighted by atomic mass is 10.1. The molecule has 0 atom stereocenters. The molecule has 1 aliphatic rings. The molecule has 3 aromatic rings. The van der Waals surface area contributed by atoms with Gasteiger partial charge in [0.15, 0.2) is 5.82 Å². The van der Waals surface area contributed by atoms with E-state index in [2.05, 4.69) is 31.6 Å². The average Bonchev–Trinajstić information content (AvgIpc) is 3.23. The second kappa shape index (κ2) is 10.0. The Morgan fingerprint density at radius 1 is 1.24 bits per heavy atom. The predicted molar refractivity (Wildman–Crippen MR) is 129 cm³/mol. The highest BCUT2D eigenvalue weighted by atomic mass is 19.1. The summed E-state index contributed by atoms with van der Waals surface area (Å²) in [5, 5.41) is 20.8. The van der Waals surface area contributed by atoms with Gasteiger partial charge in [0.2, 0.25) is 0 Å². The van der Waals surface area contributed by atoms with Crippen LogP contribution in [0.1, 0.15) is 55.4 Å². The van der Waals surface area contributed by atoms with Crippen LogP contribution in [-0.4, -0.2) is 25.2 Å². The van der Waals surface area contributed by atoms with E-state index < -0.39 is 11.7 Å². The van der Waals surface area contributed by atoms with Crippen LogP contribution in [0.5, 0.6) is 0 Å². The van der Waals surface area contributed by atoms with Gasteiger partial charge in [-0.2, -0.15) is 5.26 Å². The van der Waals surface area contributed by atoms with E-state index in [0.29, 0.717) is 11.4 Å². The highest BCUT2D eigenvalue weighted by Gasteiger charge is 2.19. The van der Waals surface area contributed by atoms with E-state index in [1.54, 1.807) is 18.2 Å². The van der Waals surface area contributed by atoms with Gasteiger partial charge in [-0.05, 0) is 69.0 Å². The molecule has 4 rings (SSSR count). The second-order valence-corrected chi connectivity index (χ2v) is 8.70. The summed E-state index contributed by atoms with van der Waals surface area (Å²) < 4.78 is 18.8. The Morgan fingerprint density at radius 3 is 2.82 bits per heavy atom. The number of nitrogens with zero attached hydrogens (tertiary/aromatic N) is 5. The smallest absolute Gasteiger partial charge is 0.266 e. The molecule has 0 spiro atoms. The van der Waals surface area contributed by atoms with Gasteiger partial charge in [-0.3, -0.25) is 4.79 Å². The molecule has 1 N–H and O–H groups in total. The molecule has 34 heavy (non-hydrogen) atoms. The number of nitrogens with one attached hydrogen (secondary N) is 1. The van der Waals surface area contributed by atoms with Gasteiger partial charge in [0.05, 0.1) is 5.69 Å². The van der Waals surface area contributed by atoms with Crippen LogP contribution >= 0.6 is 0 Å². The molecular weight excluding hydrogens is 431 g/mol. The van der Waals surface area contributed by atoms with E-state index >= 15 is 0 Å². The summed E-state index contributed by atoms with van der Waals surface area (Å²) >= 11 is 0. The zero-order chi connectivity index (χ0) is 24.2. The van der Waals surface area contributed by atoms with Gasteiger partial charge >= 0.3 is 0 Å². The second-order valence-electron chi connectivity index (χ2n) is 8.70. The maximum absolute atomic E-state index is 14.6. The lowest BCUT2D eigenvalue weighted by molar-refractivity contribution is -0.112. The minimum atomic E-state index is -0.654. The number of benzene rings is 1. The van der Waals surface area contributed by atoms with E-state index in [1.165, 1.54) is 6.07 Å².